The summed E-state index contributed by atoms with van der Waals surface area (Å²) in [5, 5.41) is 15.5. The maximum absolute atomic E-state index is 12.1. The SMILES string of the molecule is O=C(O)Cn1cc(NC(=O)c2cc(Cl)ccc2Br)cn1. The van der Waals surface area contributed by atoms with Gasteiger partial charge in [0.2, 0.25) is 0 Å². The molecule has 2 aromatic rings. The number of carbonyl (C=O) groups excluding carboxylic acids is 1. The number of rotatable bonds is 4. The van der Waals surface area contributed by atoms with Crippen molar-refractivity contribution in [2.45, 2.75) is 6.54 Å². The number of carbonyl (C=O) groups is 2. The number of anilines is 1. The number of carboxylic acids is 1. The van der Waals surface area contributed by atoms with Crippen molar-refractivity contribution < 1.29 is 14.7 Å². The smallest absolute Gasteiger partial charge is 0.325 e. The molecule has 2 N–H and O–H groups in total. The van der Waals surface area contributed by atoms with E-state index < -0.39 is 5.97 Å². The van der Waals surface area contributed by atoms with E-state index in [0.29, 0.717) is 20.7 Å². The average Bonchev–Trinajstić information content (AvgIpc) is 2.78. The summed E-state index contributed by atoms with van der Waals surface area (Å²) < 4.78 is 1.82. The van der Waals surface area contributed by atoms with Gasteiger partial charge in [0, 0.05) is 15.7 Å². The number of aliphatic carboxylic acids is 1. The van der Waals surface area contributed by atoms with Gasteiger partial charge >= 0.3 is 5.97 Å². The Kier molecular flexibility index (Phi) is 4.41. The van der Waals surface area contributed by atoms with Gasteiger partial charge in [-0.15, -0.1) is 0 Å². The van der Waals surface area contributed by atoms with Crippen LogP contribution in [0.2, 0.25) is 5.02 Å². The van der Waals surface area contributed by atoms with Gasteiger partial charge in [-0.2, -0.15) is 5.10 Å². The Morgan fingerprint density at radius 2 is 2.20 bits per heavy atom. The number of nitrogens with zero attached hydrogens (tertiary/aromatic N) is 2. The summed E-state index contributed by atoms with van der Waals surface area (Å²) in [6.07, 6.45) is 2.81. The minimum atomic E-state index is -1.01. The van der Waals surface area contributed by atoms with Crippen molar-refractivity contribution in [1.82, 2.24) is 9.78 Å². The highest BCUT2D eigenvalue weighted by atomic mass is 79.9. The molecule has 1 aromatic heterocycles. The zero-order valence-corrected chi connectivity index (χ0v) is 12.3. The maximum Gasteiger partial charge on any atom is 0.325 e. The number of amides is 1. The Morgan fingerprint density at radius 1 is 1.45 bits per heavy atom. The number of hydrogen-bond donors (Lipinski definition) is 2. The van der Waals surface area contributed by atoms with E-state index in [-0.39, 0.29) is 12.5 Å². The second kappa shape index (κ2) is 6.06. The monoisotopic (exact) mass is 357 g/mol. The third-order valence-corrected chi connectivity index (χ3v) is 3.29. The van der Waals surface area contributed by atoms with Gasteiger partial charge in [-0.25, -0.2) is 0 Å². The lowest BCUT2D eigenvalue weighted by atomic mass is 10.2. The van der Waals surface area contributed by atoms with Gasteiger partial charge in [0.25, 0.3) is 5.91 Å². The second-order valence-electron chi connectivity index (χ2n) is 3.90. The van der Waals surface area contributed by atoms with Gasteiger partial charge < -0.3 is 10.4 Å². The quantitative estimate of drug-likeness (QED) is 0.880. The van der Waals surface area contributed by atoms with E-state index in [0.717, 1.165) is 0 Å². The molecule has 20 heavy (non-hydrogen) atoms. The van der Waals surface area contributed by atoms with Crippen molar-refractivity contribution in [3.8, 4) is 0 Å². The van der Waals surface area contributed by atoms with Crippen LogP contribution in [0, 0.1) is 0 Å². The molecule has 1 aromatic carbocycles. The molecule has 0 bridgehead atoms. The predicted octanol–water partition coefficient (Wildman–Crippen LogP) is 2.64. The Morgan fingerprint density at radius 3 is 2.90 bits per heavy atom. The van der Waals surface area contributed by atoms with Crippen LogP contribution in [0.25, 0.3) is 0 Å². The molecule has 0 spiro atoms. The molecule has 0 atom stereocenters. The molecule has 0 aliphatic carbocycles. The van der Waals surface area contributed by atoms with Crippen LogP contribution in [0.4, 0.5) is 5.69 Å². The topological polar surface area (TPSA) is 84.2 Å². The first-order valence-corrected chi connectivity index (χ1v) is 6.63. The molecule has 0 aliphatic heterocycles. The number of hydrogen-bond acceptors (Lipinski definition) is 3. The number of benzene rings is 1. The molecule has 2 rings (SSSR count). The molecule has 0 aliphatic rings. The third kappa shape index (κ3) is 3.58. The van der Waals surface area contributed by atoms with E-state index in [4.69, 9.17) is 16.7 Å². The summed E-state index contributed by atoms with van der Waals surface area (Å²) >= 11 is 9.11. The summed E-state index contributed by atoms with van der Waals surface area (Å²) in [5.74, 6) is -1.38. The maximum atomic E-state index is 12.1. The van der Waals surface area contributed by atoms with Gasteiger partial charge in [0.15, 0.2) is 0 Å². The van der Waals surface area contributed by atoms with Crippen molar-refractivity contribution >= 4 is 45.1 Å². The number of aromatic nitrogens is 2. The fourth-order valence-electron chi connectivity index (χ4n) is 1.52. The highest BCUT2D eigenvalue weighted by Gasteiger charge is 2.12. The van der Waals surface area contributed by atoms with Gasteiger partial charge in [-0.1, -0.05) is 11.6 Å². The number of carboxylic acid groups (broad SMARTS) is 1. The molecular formula is C12H9BrClN3O3. The van der Waals surface area contributed by atoms with Crippen LogP contribution in [-0.2, 0) is 11.3 Å². The number of halogens is 2. The Labute approximate surface area is 127 Å². The molecule has 104 valence electrons. The van der Waals surface area contributed by atoms with Crippen molar-refractivity contribution in [3.63, 3.8) is 0 Å². The normalized spacial score (nSPS) is 10.3. The minimum absolute atomic E-state index is 0.267. The molecule has 1 amide bonds. The van der Waals surface area contributed by atoms with E-state index in [1.54, 1.807) is 12.1 Å². The highest BCUT2D eigenvalue weighted by Crippen LogP contribution is 2.22. The largest absolute Gasteiger partial charge is 0.480 e. The fraction of sp³-hybridized carbons (Fsp3) is 0.0833. The zero-order chi connectivity index (χ0) is 14.7. The van der Waals surface area contributed by atoms with Crippen LogP contribution < -0.4 is 5.32 Å². The summed E-state index contributed by atoms with van der Waals surface area (Å²) in [6, 6.07) is 4.86. The highest BCUT2D eigenvalue weighted by molar-refractivity contribution is 9.10. The lowest BCUT2D eigenvalue weighted by Gasteiger charge is -2.05. The minimum Gasteiger partial charge on any atom is -0.480 e. The van der Waals surface area contributed by atoms with E-state index >= 15 is 0 Å². The van der Waals surface area contributed by atoms with E-state index in [2.05, 4.69) is 26.3 Å². The van der Waals surface area contributed by atoms with Gasteiger partial charge in [0.1, 0.15) is 6.54 Å². The molecule has 8 heteroatoms. The van der Waals surface area contributed by atoms with Crippen LogP contribution in [0.15, 0.2) is 35.1 Å². The summed E-state index contributed by atoms with van der Waals surface area (Å²) in [6.45, 7) is -0.267. The van der Waals surface area contributed by atoms with Crippen molar-refractivity contribution in [2.24, 2.45) is 0 Å². The third-order valence-electron chi connectivity index (χ3n) is 2.36. The Bertz CT molecular complexity index is 672. The van der Waals surface area contributed by atoms with E-state index in [1.165, 1.54) is 23.1 Å². The molecule has 0 saturated carbocycles. The van der Waals surface area contributed by atoms with Gasteiger partial charge in [-0.3, -0.25) is 14.3 Å². The first kappa shape index (κ1) is 14.5. The van der Waals surface area contributed by atoms with Crippen molar-refractivity contribution in [2.75, 3.05) is 5.32 Å². The van der Waals surface area contributed by atoms with Crippen LogP contribution in [0.5, 0.6) is 0 Å². The van der Waals surface area contributed by atoms with Crippen LogP contribution >= 0.6 is 27.5 Å². The van der Waals surface area contributed by atoms with E-state index in [9.17, 15) is 9.59 Å². The van der Waals surface area contributed by atoms with Crippen LogP contribution in [0.3, 0.4) is 0 Å². The molecule has 0 radical (unpaired) electrons. The summed E-state index contributed by atoms with van der Waals surface area (Å²) in [5.41, 5.74) is 0.784. The zero-order valence-electron chi connectivity index (χ0n) is 10.0. The fourth-order valence-corrected chi connectivity index (χ4v) is 2.12. The van der Waals surface area contributed by atoms with Crippen molar-refractivity contribution in [1.29, 1.82) is 0 Å². The lowest BCUT2D eigenvalue weighted by Crippen LogP contribution is -2.12. The molecule has 0 unspecified atom stereocenters. The van der Waals surface area contributed by atoms with Crippen LogP contribution in [0.1, 0.15) is 10.4 Å². The van der Waals surface area contributed by atoms with Gasteiger partial charge in [-0.05, 0) is 34.1 Å². The van der Waals surface area contributed by atoms with Gasteiger partial charge in [0.05, 0.1) is 17.4 Å². The first-order valence-electron chi connectivity index (χ1n) is 5.46. The standard InChI is InChI=1S/C12H9BrClN3O3/c13-10-2-1-7(14)3-9(10)12(20)16-8-4-15-17(5-8)6-11(18)19/h1-5H,6H2,(H,16,20)(H,18,19). The van der Waals surface area contributed by atoms with E-state index in [1.807, 2.05) is 0 Å². The Balaban J connectivity index is 2.13. The number of nitrogens with one attached hydrogen (secondary N) is 1. The molecule has 6 nitrogen and oxygen atoms in total. The average molecular weight is 359 g/mol. The lowest BCUT2D eigenvalue weighted by molar-refractivity contribution is -0.137. The molecule has 1 heterocycles. The second-order valence-corrected chi connectivity index (χ2v) is 5.19. The molecule has 0 fully saturated rings. The summed E-state index contributed by atoms with van der Waals surface area (Å²) in [4.78, 5) is 22.6. The summed E-state index contributed by atoms with van der Waals surface area (Å²) in [7, 11) is 0. The van der Waals surface area contributed by atoms with Crippen molar-refractivity contribution in [3.05, 3.63) is 45.7 Å². The van der Waals surface area contributed by atoms with Crippen LogP contribution in [-0.4, -0.2) is 26.8 Å². The molecule has 0 saturated heterocycles. The molecular weight excluding hydrogens is 350 g/mol. The predicted molar refractivity (Wildman–Crippen MR) is 77.0 cm³/mol. The first-order chi connectivity index (χ1) is 9.45. The Hall–Kier alpha value is -1.86.